The van der Waals surface area contributed by atoms with Crippen LogP contribution in [0.15, 0.2) is 0 Å². The second-order valence-electron chi connectivity index (χ2n) is 3.75. The molecule has 1 fully saturated rings. The van der Waals surface area contributed by atoms with Gasteiger partial charge in [-0.15, -0.1) is 0 Å². The number of nitrogens with one attached hydrogen (secondary N) is 1. The molecule has 0 aromatic rings. The summed E-state index contributed by atoms with van der Waals surface area (Å²) in [6.07, 6.45) is -1.56. The SMILES string of the molecule is C[C@@H]1OCC[C@@H]1NC(=O)CCOCC(F)F. The molecule has 0 aromatic carbocycles. The second kappa shape index (κ2) is 6.75. The van der Waals surface area contributed by atoms with E-state index in [0.717, 1.165) is 6.42 Å². The molecule has 6 heteroatoms. The third-order valence-electron chi connectivity index (χ3n) is 2.44. The number of amides is 1. The summed E-state index contributed by atoms with van der Waals surface area (Å²) in [6, 6.07) is 0.0302. The van der Waals surface area contributed by atoms with Crippen molar-refractivity contribution >= 4 is 5.91 Å². The lowest BCUT2D eigenvalue weighted by molar-refractivity contribution is -0.123. The number of ether oxygens (including phenoxy) is 2. The minimum atomic E-state index is -2.48. The predicted molar refractivity (Wildman–Crippen MR) is 53.4 cm³/mol. The van der Waals surface area contributed by atoms with Crippen LogP contribution in [0.1, 0.15) is 19.8 Å². The average Bonchev–Trinajstić information content (AvgIpc) is 2.59. The van der Waals surface area contributed by atoms with Crippen molar-refractivity contribution in [2.75, 3.05) is 19.8 Å². The van der Waals surface area contributed by atoms with Crippen LogP contribution in [0.2, 0.25) is 0 Å². The van der Waals surface area contributed by atoms with Gasteiger partial charge in [0.1, 0.15) is 6.61 Å². The lowest BCUT2D eigenvalue weighted by Crippen LogP contribution is -2.39. The zero-order chi connectivity index (χ0) is 12.0. The summed E-state index contributed by atoms with van der Waals surface area (Å²) < 4.78 is 33.3. The number of rotatable bonds is 6. The van der Waals surface area contributed by atoms with Crippen LogP contribution in [-0.4, -0.2) is 44.3 Å². The molecule has 0 spiro atoms. The molecule has 1 saturated heterocycles. The fraction of sp³-hybridized carbons (Fsp3) is 0.900. The Hall–Kier alpha value is -0.750. The quantitative estimate of drug-likeness (QED) is 0.700. The molecule has 0 unspecified atom stereocenters. The van der Waals surface area contributed by atoms with Crippen LogP contribution in [0.3, 0.4) is 0 Å². The average molecular weight is 237 g/mol. The van der Waals surface area contributed by atoms with Gasteiger partial charge >= 0.3 is 0 Å². The van der Waals surface area contributed by atoms with E-state index < -0.39 is 13.0 Å². The van der Waals surface area contributed by atoms with E-state index in [4.69, 9.17) is 4.74 Å². The van der Waals surface area contributed by atoms with Crippen molar-refractivity contribution in [1.82, 2.24) is 5.32 Å². The lowest BCUT2D eigenvalue weighted by atomic mass is 10.1. The third-order valence-corrected chi connectivity index (χ3v) is 2.44. The predicted octanol–water partition coefficient (Wildman–Crippen LogP) is 0.952. The summed E-state index contributed by atoms with van der Waals surface area (Å²) in [7, 11) is 0. The van der Waals surface area contributed by atoms with E-state index in [1.807, 2.05) is 6.92 Å². The van der Waals surface area contributed by atoms with Crippen LogP contribution in [0.4, 0.5) is 8.78 Å². The molecule has 0 aromatic heterocycles. The van der Waals surface area contributed by atoms with Crippen molar-refractivity contribution < 1.29 is 23.0 Å². The summed E-state index contributed by atoms with van der Waals surface area (Å²) in [6.45, 7) is 1.95. The maximum atomic E-state index is 11.7. The van der Waals surface area contributed by atoms with Gasteiger partial charge in [-0.2, -0.15) is 0 Å². The molecule has 4 nitrogen and oxygen atoms in total. The topological polar surface area (TPSA) is 47.6 Å². The van der Waals surface area contributed by atoms with E-state index in [-0.39, 0.29) is 31.1 Å². The van der Waals surface area contributed by atoms with Crippen molar-refractivity contribution in [1.29, 1.82) is 0 Å². The van der Waals surface area contributed by atoms with Gasteiger partial charge < -0.3 is 14.8 Å². The van der Waals surface area contributed by atoms with Crippen LogP contribution in [0.5, 0.6) is 0 Å². The summed E-state index contributed by atoms with van der Waals surface area (Å²) in [5.41, 5.74) is 0. The van der Waals surface area contributed by atoms with Gasteiger partial charge in [-0.1, -0.05) is 0 Å². The van der Waals surface area contributed by atoms with Gasteiger partial charge in [-0.05, 0) is 13.3 Å². The second-order valence-corrected chi connectivity index (χ2v) is 3.75. The Kier molecular flexibility index (Phi) is 5.62. The van der Waals surface area contributed by atoms with E-state index in [0.29, 0.717) is 6.61 Å². The number of alkyl halides is 2. The Labute approximate surface area is 93.3 Å². The van der Waals surface area contributed by atoms with Gasteiger partial charge in [0.25, 0.3) is 6.43 Å². The zero-order valence-electron chi connectivity index (χ0n) is 9.25. The first-order valence-corrected chi connectivity index (χ1v) is 5.36. The molecular weight excluding hydrogens is 220 g/mol. The largest absolute Gasteiger partial charge is 0.376 e. The molecule has 0 bridgehead atoms. The fourth-order valence-corrected chi connectivity index (χ4v) is 1.54. The number of hydrogen-bond donors (Lipinski definition) is 1. The number of carbonyl (C=O) groups excluding carboxylic acids is 1. The molecule has 1 rings (SSSR count). The highest BCUT2D eigenvalue weighted by Gasteiger charge is 2.25. The van der Waals surface area contributed by atoms with Gasteiger partial charge in [-0.25, -0.2) is 8.78 Å². The Morgan fingerprint density at radius 2 is 2.38 bits per heavy atom. The van der Waals surface area contributed by atoms with E-state index in [1.54, 1.807) is 0 Å². The minimum absolute atomic E-state index is 0.0194. The van der Waals surface area contributed by atoms with Gasteiger partial charge in [-0.3, -0.25) is 4.79 Å². The zero-order valence-corrected chi connectivity index (χ0v) is 9.25. The van der Waals surface area contributed by atoms with Crippen LogP contribution in [0, 0.1) is 0 Å². The van der Waals surface area contributed by atoms with Crippen molar-refractivity contribution in [2.45, 2.75) is 38.3 Å². The highest BCUT2D eigenvalue weighted by Crippen LogP contribution is 2.12. The summed E-state index contributed by atoms with van der Waals surface area (Å²) in [4.78, 5) is 11.4. The standard InChI is InChI=1S/C10H17F2NO3/c1-7-8(2-5-16-7)13-10(14)3-4-15-6-9(11)12/h7-9H,2-6H2,1H3,(H,13,14)/t7-,8-/m0/s1. The first kappa shape index (κ1) is 13.3. The van der Waals surface area contributed by atoms with Crippen molar-refractivity contribution in [3.8, 4) is 0 Å². The summed E-state index contributed by atoms with van der Waals surface area (Å²) in [5, 5.41) is 2.79. The Morgan fingerprint density at radius 1 is 1.62 bits per heavy atom. The Morgan fingerprint density at radius 3 is 2.94 bits per heavy atom. The van der Waals surface area contributed by atoms with Crippen LogP contribution in [0.25, 0.3) is 0 Å². The van der Waals surface area contributed by atoms with Crippen LogP contribution >= 0.6 is 0 Å². The van der Waals surface area contributed by atoms with Gasteiger partial charge in [0.15, 0.2) is 0 Å². The van der Waals surface area contributed by atoms with Crippen molar-refractivity contribution in [3.63, 3.8) is 0 Å². The molecule has 0 radical (unpaired) electrons. The molecule has 1 aliphatic rings. The number of halogens is 2. The molecule has 94 valence electrons. The first-order valence-electron chi connectivity index (χ1n) is 5.36. The maximum Gasteiger partial charge on any atom is 0.261 e. The smallest absolute Gasteiger partial charge is 0.261 e. The number of hydrogen-bond acceptors (Lipinski definition) is 3. The van der Waals surface area contributed by atoms with Gasteiger partial charge in [0.05, 0.1) is 18.8 Å². The molecule has 0 aliphatic carbocycles. The van der Waals surface area contributed by atoms with Crippen LogP contribution < -0.4 is 5.32 Å². The molecule has 16 heavy (non-hydrogen) atoms. The highest BCUT2D eigenvalue weighted by molar-refractivity contribution is 5.76. The maximum absolute atomic E-state index is 11.7. The number of carbonyl (C=O) groups is 1. The molecule has 1 heterocycles. The molecule has 0 saturated carbocycles. The monoisotopic (exact) mass is 237 g/mol. The van der Waals surface area contributed by atoms with E-state index in [2.05, 4.69) is 10.1 Å². The van der Waals surface area contributed by atoms with E-state index in [1.165, 1.54) is 0 Å². The highest BCUT2D eigenvalue weighted by atomic mass is 19.3. The normalized spacial score (nSPS) is 25.0. The fourth-order valence-electron chi connectivity index (χ4n) is 1.54. The Balaban J connectivity index is 2.06. The lowest BCUT2D eigenvalue weighted by Gasteiger charge is -2.15. The van der Waals surface area contributed by atoms with Gasteiger partial charge in [0, 0.05) is 13.0 Å². The minimum Gasteiger partial charge on any atom is -0.376 e. The van der Waals surface area contributed by atoms with Gasteiger partial charge in [0.2, 0.25) is 5.91 Å². The first-order chi connectivity index (χ1) is 7.59. The Bertz CT molecular complexity index is 226. The third kappa shape index (κ3) is 4.85. The van der Waals surface area contributed by atoms with E-state index in [9.17, 15) is 13.6 Å². The molecular formula is C10H17F2NO3. The van der Waals surface area contributed by atoms with E-state index >= 15 is 0 Å². The molecule has 1 N–H and O–H groups in total. The summed E-state index contributed by atoms with van der Waals surface area (Å²) in [5.74, 6) is -0.184. The molecule has 1 amide bonds. The molecule has 2 atom stereocenters. The summed E-state index contributed by atoms with van der Waals surface area (Å²) >= 11 is 0. The van der Waals surface area contributed by atoms with Crippen molar-refractivity contribution in [3.05, 3.63) is 0 Å². The molecule has 1 aliphatic heterocycles. The van der Waals surface area contributed by atoms with Crippen molar-refractivity contribution in [2.24, 2.45) is 0 Å². The van der Waals surface area contributed by atoms with Crippen LogP contribution in [-0.2, 0) is 14.3 Å².